The fourth-order valence-corrected chi connectivity index (χ4v) is 5.23. The fourth-order valence-electron chi connectivity index (χ4n) is 4.00. The van der Waals surface area contributed by atoms with E-state index in [2.05, 4.69) is 4.90 Å². The van der Waals surface area contributed by atoms with Gasteiger partial charge in [-0.1, -0.05) is 0 Å². The fraction of sp³-hybridized carbons (Fsp3) is 0.385. The molecule has 2 heterocycles. The van der Waals surface area contributed by atoms with Gasteiger partial charge in [-0.15, -0.1) is 11.3 Å². The first-order chi connectivity index (χ1) is 16.6. The molecule has 1 aliphatic rings. The van der Waals surface area contributed by atoms with Crippen molar-refractivity contribution in [3.05, 3.63) is 53.5 Å². The zero-order valence-electron chi connectivity index (χ0n) is 19.8. The van der Waals surface area contributed by atoms with Crippen molar-refractivity contribution < 1.29 is 23.7 Å². The number of hydrogen-bond donors (Lipinski definition) is 0. The minimum Gasteiger partial charge on any atom is -0.497 e. The highest BCUT2D eigenvalue weighted by atomic mass is 32.1. The second-order valence-electron chi connectivity index (χ2n) is 7.86. The van der Waals surface area contributed by atoms with E-state index in [1.54, 1.807) is 25.6 Å². The van der Waals surface area contributed by atoms with Crippen molar-refractivity contribution in [2.45, 2.75) is 19.4 Å². The lowest BCUT2D eigenvalue weighted by atomic mass is 10.1. The molecule has 0 saturated carbocycles. The molecule has 0 spiro atoms. The van der Waals surface area contributed by atoms with Crippen LogP contribution < -0.4 is 9.47 Å². The molecule has 1 unspecified atom stereocenters. The molecule has 8 heteroatoms. The molecule has 3 aromatic rings. The molecule has 0 amide bonds. The highest BCUT2D eigenvalue weighted by molar-refractivity contribution is 7.15. The summed E-state index contributed by atoms with van der Waals surface area (Å²) in [7, 11) is 3.31. The molecule has 1 aromatic heterocycles. The predicted molar refractivity (Wildman–Crippen MR) is 132 cm³/mol. The van der Waals surface area contributed by atoms with Gasteiger partial charge >= 0.3 is 5.97 Å². The number of esters is 1. The van der Waals surface area contributed by atoms with E-state index in [9.17, 15) is 4.79 Å². The maximum atomic E-state index is 12.5. The first-order valence-corrected chi connectivity index (χ1v) is 12.2. The Kier molecular flexibility index (Phi) is 8.16. The van der Waals surface area contributed by atoms with Crippen molar-refractivity contribution in [1.82, 2.24) is 9.88 Å². The van der Waals surface area contributed by atoms with E-state index in [1.165, 1.54) is 0 Å². The summed E-state index contributed by atoms with van der Waals surface area (Å²) in [5, 5.41) is 0.895. The van der Waals surface area contributed by atoms with E-state index in [0.717, 1.165) is 51.3 Å². The summed E-state index contributed by atoms with van der Waals surface area (Å²) in [6.45, 7) is 4.97. The molecule has 34 heavy (non-hydrogen) atoms. The molecule has 4 rings (SSSR count). The monoisotopic (exact) mass is 482 g/mol. The summed E-state index contributed by atoms with van der Waals surface area (Å²) in [5.74, 6) is 1.37. The number of hydrogen-bond acceptors (Lipinski definition) is 8. The highest BCUT2D eigenvalue weighted by Gasteiger charge is 2.30. The van der Waals surface area contributed by atoms with Crippen LogP contribution in [-0.4, -0.2) is 63.0 Å². The molecular formula is C26H30N2O5S. The third-order valence-corrected chi connectivity index (χ3v) is 7.00. The molecule has 1 atom stereocenters. The van der Waals surface area contributed by atoms with E-state index in [-0.39, 0.29) is 18.4 Å². The van der Waals surface area contributed by atoms with Gasteiger partial charge in [0.05, 0.1) is 57.1 Å². The van der Waals surface area contributed by atoms with Crippen LogP contribution in [0, 0.1) is 0 Å². The van der Waals surface area contributed by atoms with Gasteiger partial charge in [0.2, 0.25) is 0 Å². The van der Waals surface area contributed by atoms with E-state index >= 15 is 0 Å². The minimum atomic E-state index is -0.216. The number of thiazole rings is 1. The van der Waals surface area contributed by atoms with Gasteiger partial charge in [-0.25, -0.2) is 4.98 Å². The summed E-state index contributed by atoms with van der Waals surface area (Å²) in [6.07, 6.45) is 0.255. The lowest BCUT2D eigenvalue weighted by Crippen LogP contribution is -2.40. The molecule has 1 fully saturated rings. The normalized spacial score (nSPS) is 15.0. The van der Waals surface area contributed by atoms with Gasteiger partial charge in [0, 0.05) is 18.7 Å². The van der Waals surface area contributed by atoms with Crippen LogP contribution in [0.1, 0.15) is 24.4 Å². The average molecular weight is 483 g/mol. The molecule has 0 radical (unpaired) electrons. The molecule has 180 valence electrons. The van der Waals surface area contributed by atoms with Crippen LogP contribution in [0.25, 0.3) is 21.7 Å². The van der Waals surface area contributed by atoms with Gasteiger partial charge in [0.25, 0.3) is 0 Å². The summed E-state index contributed by atoms with van der Waals surface area (Å²) in [4.78, 5) is 20.9. The second-order valence-corrected chi connectivity index (χ2v) is 8.89. The number of nitrogens with zero attached hydrogens (tertiary/aromatic N) is 2. The SMILES string of the molecule is CCOC(=O)CC(c1nc(-c2ccc(OC)cc2)c(-c2ccc(OC)cc2)s1)N1CCOCC1. The quantitative estimate of drug-likeness (QED) is 0.405. The first-order valence-electron chi connectivity index (χ1n) is 11.4. The van der Waals surface area contributed by atoms with E-state index < -0.39 is 0 Å². The van der Waals surface area contributed by atoms with Crippen LogP contribution in [-0.2, 0) is 14.3 Å². The van der Waals surface area contributed by atoms with Gasteiger partial charge in [0.15, 0.2) is 0 Å². The van der Waals surface area contributed by atoms with Gasteiger partial charge in [-0.05, 0) is 61.0 Å². The Balaban J connectivity index is 1.78. The Bertz CT molecular complexity index is 1010. The van der Waals surface area contributed by atoms with Crippen molar-refractivity contribution in [3.63, 3.8) is 0 Å². The lowest BCUT2D eigenvalue weighted by molar-refractivity contribution is -0.145. The van der Waals surface area contributed by atoms with Crippen LogP contribution in [0.3, 0.4) is 0 Å². The standard InChI is InChI=1S/C26H30N2O5S/c1-4-33-23(29)17-22(28-13-15-32-16-14-28)26-27-24(18-5-9-20(30-2)10-6-18)25(34-26)19-7-11-21(31-3)12-8-19/h5-12,22H,4,13-17H2,1-3H3. The van der Waals surface area contributed by atoms with Crippen LogP contribution >= 0.6 is 11.3 Å². The van der Waals surface area contributed by atoms with Crippen LogP contribution in [0.2, 0.25) is 0 Å². The highest BCUT2D eigenvalue weighted by Crippen LogP contribution is 2.41. The van der Waals surface area contributed by atoms with Crippen LogP contribution in [0.5, 0.6) is 11.5 Å². The van der Waals surface area contributed by atoms with Crippen molar-refractivity contribution in [2.75, 3.05) is 47.1 Å². The number of carbonyl (C=O) groups excluding carboxylic acids is 1. The Hall–Kier alpha value is -2.94. The second kappa shape index (κ2) is 11.5. The topological polar surface area (TPSA) is 70.1 Å². The van der Waals surface area contributed by atoms with Crippen LogP contribution in [0.15, 0.2) is 48.5 Å². The zero-order valence-corrected chi connectivity index (χ0v) is 20.6. The van der Waals surface area contributed by atoms with E-state index in [0.29, 0.717) is 19.8 Å². The van der Waals surface area contributed by atoms with E-state index in [1.807, 2.05) is 55.5 Å². The molecule has 2 aromatic carbocycles. The molecule has 0 bridgehead atoms. The Morgan fingerprint density at radius 2 is 1.59 bits per heavy atom. The number of aromatic nitrogens is 1. The summed E-state index contributed by atoms with van der Waals surface area (Å²) < 4.78 is 21.5. The van der Waals surface area contributed by atoms with Gasteiger partial charge in [-0.2, -0.15) is 0 Å². The minimum absolute atomic E-state index is 0.169. The third-order valence-electron chi connectivity index (χ3n) is 5.80. The third kappa shape index (κ3) is 5.58. The smallest absolute Gasteiger partial charge is 0.307 e. The first kappa shape index (κ1) is 24.2. The van der Waals surface area contributed by atoms with Crippen molar-refractivity contribution >= 4 is 17.3 Å². The van der Waals surface area contributed by atoms with Gasteiger partial charge in [0.1, 0.15) is 16.5 Å². The number of carbonyl (C=O) groups is 1. The lowest BCUT2D eigenvalue weighted by Gasteiger charge is -2.32. The number of benzene rings is 2. The molecular weight excluding hydrogens is 452 g/mol. The van der Waals surface area contributed by atoms with E-state index in [4.69, 9.17) is 23.9 Å². The maximum Gasteiger partial charge on any atom is 0.307 e. The van der Waals surface area contributed by atoms with Crippen LogP contribution in [0.4, 0.5) is 0 Å². The summed E-state index contributed by atoms with van der Waals surface area (Å²) >= 11 is 1.62. The molecule has 1 saturated heterocycles. The number of ether oxygens (including phenoxy) is 4. The molecule has 7 nitrogen and oxygen atoms in total. The average Bonchev–Trinajstić information content (AvgIpc) is 3.33. The number of methoxy groups -OCH3 is 2. The van der Waals surface area contributed by atoms with Gasteiger partial charge < -0.3 is 18.9 Å². The van der Waals surface area contributed by atoms with Crippen molar-refractivity contribution in [2.24, 2.45) is 0 Å². The van der Waals surface area contributed by atoms with Crippen molar-refractivity contribution in [1.29, 1.82) is 0 Å². The molecule has 0 N–H and O–H groups in total. The summed E-state index contributed by atoms with van der Waals surface area (Å²) in [6, 6.07) is 15.7. The largest absolute Gasteiger partial charge is 0.497 e. The van der Waals surface area contributed by atoms with Gasteiger partial charge in [-0.3, -0.25) is 9.69 Å². The number of rotatable bonds is 9. The zero-order chi connectivity index (χ0) is 23.9. The number of morpholine rings is 1. The molecule has 1 aliphatic heterocycles. The Morgan fingerprint density at radius 1 is 1.00 bits per heavy atom. The molecule has 0 aliphatic carbocycles. The Labute approximate surface area is 204 Å². The summed E-state index contributed by atoms with van der Waals surface area (Å²) in [5.41, 5.74) is 2.92. The Morgan fingerprint density at radius 3 is 2.15 bits per heavy atom. The maximum absolute atomic E-state index is 12.5. The predicted octanol–water partition coefficient (Wildman–Crippen LogP) is 4.82. The van der Waals surface area contributed by atoms with Crippen molar-refractivity contribution in [3.8, 4) is 33.2 Å².